The largest absolute Gasteiger partial charge is 0.377 e. The number of anilines is 1. The molecule has 5 nitrogen and oxygen atoms in total. The molecule has 1 atom stereocenters. The van der Waals surface area contributed by atoms with E-state index in [1.807, 2.05) is 24.4 Å². The zero-order valence-corrected chi connectivity index (χ0v) is 10.1. The molecular formula is C13H16N4O. The fourth-order valence-electron chi connectivity index (χ4n) is 2.39. The Morgan fingerprint density at radius 3 is 3.17 bits per heavy atom. The molecule has 2 N–H and O–H groups in total. The summed E-state index contributed by atoms with van der Waals surface area (Å²) in [5.74, 6) is 0. The number of rotatable bonds is 2. The van der Waals surface area contributed by atoms with Gasteiger partial charge in [-0.3, -0.25) is 0 Å². The minimum atomic E-state index is 0.214. The monoisotopic (exact) mass is 244 g/mol. The van der Waals surface area contributed by atoms with Gasteiger partial charge in [-0.1, -0.05) is 18.2 Å². The number of ether oxygens (including phenoxy) is 1. The van der Waals surface area contributed by atoms with Gasteiger partial charge >= 0.3 is 0 Å². The van der Waals surface area contributed by atoms with Crippen LogP contribution in [-0.4, -0.2) is 42.5 Å². The van der Waals surface area contributed by atoms with E-state index in [0.29, 0.717) is 13.2 Å². The third kappa shape index (κ3) is 1.91. The van der Waals surface area contributed by atoms with Gasteiger partial charge < -0.3 is 15.4 Å². The van der Waals surface area contributed by atoms with Crippen molar-refractivity contribution in [3.05, 3.63) is 30.5 Å². The van der Waals surface area contributed by atoms with E-state index in [2.05, 4.69) is 21.2 Å². The molecule has 0 radical (unpaired) electrons. The normalized spacial score (nSPS) is 20.3. The van der Waals surface area contributed by atoms with Crippen molar-refractivity contribution >= 4 is 16.6 Å². The maximum absolute atomic E-state index is 5.82. The van der Waals surface area contributed by atoms with Crippen LogP contribution in [0.5, 0.6) is 0 Å². The highest BCUT2D eigenvalue weighted by Gasteiger charge is 2.23. The summed E-state index contributed by atoms with van der Waals surface area (Å²) in [6.45, 7) is 2.83. The molecule has 1 aliphatic rings. The van der Waals surface area contributed by atoms with Crippen LogP contribution in [0.4, 0.5) is 5.69 Å². The Kier molecular flexibility index (Phi) is 3.08. The quantitative estimate of drug-likeness (QED) is 0.846. The smallest absolute Gasteiger partial charge is 0.0950 e. The number of morpholine rings is 1. The fourth-order valence-corrected chi connectivity index (χ4v) is 2.39. The van der Waals surface area contributed by atoms with E-state index in [4.69, 9.17) is 10.5 Å². The minimum Gasteiger partial charge on any atom is -0.377 e. The molecule has 3 rings (SSSR count). The van der Waals surface area contributed by atoms with Crippen molar-refractivity contribution in [2.24, 2.45) is 5.73 Å². The third-order valence-corrected chi connectivity index (χ3v) is 3.33. The number of hydrogen-bond donors (Lipinski definition) is 1. The van der Waals surface area contributed by atoms with Crippen LogP contribution in [0, 0.1) is 0 Å². The first kappa shape index (κ1) is 11.4. The molecular weight excluding hydrogens is 228 g/mol. The van der Waals surface area contributed by atoms with Gasteiger partial charge in [-0.25, -0.2) is 0 Å². The molecule has 5 heteroatoms. The average Bonchev–Trinajstić information content (AvgIpc) is 2.46. The van der Waals surface area contributed by atoms with Crippen molar-refractivity contribution in [1.82, 2.24) is 10.2 Å². The Hall–Kier alpha value is -1.72. The SMILES string of the molecule is NCC1COCCN1c1cnnc2ccccc12. The van der Waals surface area contributed by atoms with Crippen molar-refractivity contribution in [2.45, 2.75) is 6.04 Å². The molecule has 2 aromatic rings. The number of aromatic nitrogens is 2. The van der Waals surface area contributed by atoms with Gasteiger partial charge in [0.05, 0.1) is 36.7 Å². The first-order valence-corrected chi connectivity index (χ1v) is 6.15. The van der Waals surface area contributed by atoms with Gasteiger partial charge in [0.25, 0.3) is 0 Å². The van der Waals surface area contributed by atoms with Crippen LogP contribution in [0.15, 0.2) is 30.5 Å². The van der Waals surface area contributed by atoms with Crippen LogP contribution < -0.4 is 10.6 Å². The number of nitrogens with zero attached hydrogens (tertiary/aromatic N) is 3. The number of hydrogen-bond acceptors (Lipinski definition) is 5. The standard InChI is InChI=1S/C13H16N4O/c14-7-10-9-18-6-5-17(10)13-8-15-16-12-4-2-1-3-11(12)13/h1-4,8,10H,5-7,9,14H2. The molecule has 1 saturated heterocycles. The molecule has 1 aromatic heterocycles. The van der Waals surface area contributed by atoms with Crippen LogP contribution >= 0.6 is 0 Å². The highest BCUT2D eigenvalue weighted by Crippen LogP contribution is 2.26. The summed E-state index contributed by atoms with van der Waals surface area (Å²) >= 11 is 0. The number of benzene rings is 1. The maximum Gasteiger partial charge on any atom is 0.0950 e. The second-order valence-electron chi connectivity index (χ2n) is 4.40. The van der Waals surface area contributed by atoms with E-state index in [1.165, 1.54) is 0 Å². The second kappa shape index (κ2) is 4.88. The molecule has 1 aliphatic heterocycles. The molecule has 94 valence electrons. The van der Waals surface area contributed by atoms with Crippen LogP contribution in [0.25, 0.3) is 10.9 Å². The molecule has 2 heterocycles. The van der Waals surface area contributed by atoms with Gasteiger partial charge in [0.2, 0.25) is 0 Å². The highest BCUT2D eigenvalue weighted by atomic mass is 16.5. The lowest BCUT2D eigenvalue weighted by Gasteiger charge is -2.36. The van der Waals surface area contributed by atoms with Gasteiger partial charge in [-0.05, 0) is 6.07 Å². The maximum atomic E-state index is 5.82. The van der Waals surface area contributed by atoms with Crippen molar-refractivity contribution in [3.63, 3.8) is 0 Å². The van der Waals surface area contributed by atoms with E-state index in [9.17, 15) is 0 Å². The van der Waals surface area contributed by atoms with E-state index in [1.54, 1.807) is 0 Å². The van der Waals surface area contributed by atoms with E-state index in [0.717, 1.165) is 29.7 Å². The minimum absolute atomic E-state index is 0.214. The van der Waals surface area contributed by atoms with Gasteiger partial charge in [0.1, 0.15) is 0 Å². The topological polar surface area (TPSA) is 64.3 Å². The van der Waals surface area contributed by atoms with Gasteiger partial charge in [-0.2, -0.15) is 10.2 Å². The Morgan fingerprint density at radius 1 is 1.39 bits per heavy atom. The number of nitrogens with two attached hydrogens (primary N) is 1. The molecule has 0 amide bonds. The summed E-state index contributed by atoms with van der Waals surface area (Å²) in [6.07, 6.45) is 1.82. The van der Waals surface area contributed by atoms with Crippen LogP contribution in [0.1, 0.15) is 0 Å². The molecule has 0 aliphatic carbocycles. The second-order valence-corrected chi connectivity index (χ2v) is 4.40. The van der Waals surface area contributed by atoms with Crippen molar-refractivity contribution in [3.8, 4) is 0 Å². The van der Waals surface area contributed by atoms with Gasteiger partial charge in [0, 0.05) is 18.5 Å². The molecule has 0 bridgehead atoms. The summed E-state index contributed by atoms with van der Waals surface area (Å²) in [4.78, 5) is 2.28. The number of fused-ring (bicyclic) bond motifs is 1. The van der Waals surface area contributed by atoms with Gasteiger partial charge in [-0.15, -0.1) is 0 Å². The third-order valence-electron chi connectivity index (χ3n) is 3.33. The molecule has 1 unspecified atom stereocenters. The van der Waals surface area contributed by atoms with Crippen molar-refractivity contribution < 1.29 is 4.74 Å². The zero-order valence-electron chi connectivity index (χ0n) is 10.1. The average molecular weight is 244 g/mol. The Morgan fingerprint density at radius 2 is 2.28 bits per heavy atom. The lowest BCUT2D eigenvalue weighted by molar-refractivity contribution is 0.0964. The van der Waals surface area contributed by atoms with Crippen molar-refractivity contribution in [2.75, 3.05) is 31.2 Å². The summed E-state index contributed by atoms with van der Waals surface area (Å²) < 4.78 is 5.48. The summed E-state index contributed by atoms with van der Waals surface area (Å²) in [7, 11) is 0. The van der Waals surface area contributed by atoms with Crippen LogP contribution in [0.3, 0.4) is 0 Å². The van der Waals surface area contributed by atoms with Crippen molar-refractivity contribution in [1.29, 1.82) is 0 Å². The summed E-state index contributed by atoms with van der Waals surface area (Å²) in [5.41, 5.74) is 7.83. The summed E-state index contributed by atoms with van der Waals surface area (Å²) in [6, 6.07) is 8.25. The molecule has 18 heavy (non-hydrogen) atoms. The highest BCUT2D eigenvalue weighted by molar-refractivity contribution is 5.90. The van der Waals surface area contributed by atoms with E-state index < -0.39 is 0 Å². The lowest BCUT2D eigenvalue weighted by Crippen LogP contribution is -2.49. The summed E-state index contributed by atoms with van der Waals surface area (Å²) in [5, 5.41) is 9.35. The fraction of sp³-hybridized carbons (Fsp3) is 0.385. The van der Waals surface area contributed by atoms with E-state index in [-0.39, 0.29) is 6.04 Å². The Balaban J connectivity index is 2.07. The zero-order chi connectivity index (χ0) is 12.4. The first-order valence-electron chi connectivity index (χ1n) is 6.15. The Labute approximate surface area is 106 Å². The molecule has 0 spiro atoms. The van der Waals surface area contributed by atoms with E-state index >= 15 is 0 Å². The molecule has 0 saturated carbocycles. The molecule has 1 aromatic carbocycles. The predicted molar refractivity (Wildman–Crippen MR) is 70.5 cm³/mol. The van der Waals surface area contributed by atoms with Crippen LogP contribution in [-0.2, 0) is 4.74 Å². The van der Waals surface area contributed by atoms with Gasteiger partial charge in [0.15, 0.2) is 0 Å². The Bertz CT molecular complexity index is 540. The lowest BCUT2D eigenvalue weighted by atomic mass is 10.1. The first-order chi connectivity index (χ1) is 8.90. The van der Waals surface area contributed by atoms with Crippen LogP contribution in [0.2, 0.25) is 0 Å². The predicted octanol–water partition coefficient (Wildman–Crippen LogP) is 0.794. The molecule has 1 fully saturated rings.